The van der Waals surface area contributed by atoms with E-state index in [1.165, 1.54) is 12.8 Å². The molecule has 2 bridgehead atoms. The van der Waals surface area contributed by atoms with Crippen LogP contribution in [0.25, 0.3) is 0 Å². The minimum absolute atomic E-state index is 0.441. The summed E-state index contributed by atoms with van der Waals surface area (Å²) in [5, 5.41) is 13.2. The maximum atomic E-state index is 11.6. The summed E-state index contributed by atoms with van der Waals surface area (Å²) in [6.45, 7) is 0.587. The van der Waals surface area contributed by atoms with Crippen LogP contribution in [0.5, 0.6) is 0 Å². The lowest BCUT2D eigenvalue weighted by Gasteiger charge is -2.36. The van der Waals surface area contributed by atoms with Gasteiger partial charge in [-0.1, -0.05) is 30.3 Å². The topological polar surface area (TPSA) is 52.6 Å². The maximum Gasteiger partial charge on any atom is 0.312 e. The first-order valence-electron chi connectivity index (χ1n) is 7.87. The second kappa shape index (κ2) is 6.16. The Morgan fingerprint density at radius 2 is 1.90 bits per heavy atom. The minimum Gasteiger partial charge on any atom is -0.481 e. The molecule has 2 aliphatic heterocycles. The fourth-order valence-electron chi connectivity index (χ4n) is 3.84. The zero-order valence-electron chi connectivity index (χ0n) is 12.5. The summed E-state index contributed by atoms with van der Waals surface area (Å²) in [5.74, 6) is -1.17. The molecule has 3 atom stereocenters. The number of fused-ring (bicyclic) bond motifs is 2. The van der Waals surface area contributed by atoms with E-state index >= 15 is 0 Å². The van der Waals surface area contributed by atoms with Crippen molar-refractivity contribution in [2.75, 3.05) is 13.6 Å². The lowest BCUT2D eigenvalue weighted by molar-refractivity contribution is -0.139. The van der Waals surface area contributed by atoms with E-state index in [1.54, 1.807) is 0 Å². The second-order valence-corrected chi connectivity index (χ2v) is 6.50. The number of carboxylic acids is 1. The average Bonchev–Trinajstić information content (AvgIpc) is 2.83. The average molecular weight is 288 g/mol. The Morgan fingerprint density at radius 3 is 2.48 bits per heavy atom. The Bertz CT molecular complexity index is 479. The molecule has 21 heavy (non-hydrogen) atoms. The van der Waals surface area contributed by atoms with Crippen molar-refractivity contribution >= 4 is 5.97 Å². The molecule has 2 heterocycles. The summed E-state index contributed by atoms with van der Waals surface area (Å²) >= 11 is 0. The standard InChI is InChI=1S/C17H24N2O2/c1-19(15-9-13-7-8-14(10-15)18-13)11-16(17(20)21)12-5-3-2-4-6-12/h2-6,13-16,18H,7-11H2,1H3,(H,20,21). The Morgan fingerprint density at radius 1 is 1.29 bits per heavy atom. The van der Waals surface area contributed by atoms with Crippen LogP contribution >= 0.6 is 0 Å². The summed E-state index contributed by atoms with van der Waals surface area (Å²) in [6.07, 6.45) is 4.84. The van der Waals surface area contributed by atoms with Crippen molar-refractivity contribution in [2.45, 2.75) is 49.7 Å². The molecule has 4 heteroatoms. The monoisotopic (exact) mass is 288 g/mol. The van der Waals surface area contributed by atoms with Crippen molar-refractivity contribution < 1.29 is 9.90 Å². The molecule has 0 amide bonds. The molecule has 0 aromatic heterocycles. The Hall–Kier alpha value is -1.39. The number of benzene rings is 1. The molecular weight excluding hydrogens is 264 g/mol. The van der Waals surface area contributed by atoms with Crippen LogP contribution in [0.1, 0.15) is 37.2 Å². The lowest BCUT2D eigenvalue weighted by Crippen LogP contribution is -2.48. The Balaban J connectivity index is 1.67. The van der Waals surface area contributed by atoms with Crippen LogP contribution in [-0.2, 0) is 4.79 Å². The van der Waals surface area contributed by atoms with E-state index in [4.69, 9.17) is 0 Å². The molecule has 1 aromatic rings. The zero-order chi connectivity index (χ0) is 14.8. The van der Waals surface area contributed by atoms with Gasteiger partial charge in [0.05, 0.1) is 5.92 Å². The molecule has 2 aliphatic rings. The summed E-state index contributed by atoms with van der Waals surface area (Å²) in [6, 6.07) is 11.4. The van der Waals surface area contributed by atoms with Crippen LogP contribution in [0.2, 0.25) is 0 Å². The third-order valence-corrected chi connectivity index (χ3v) is 5.04. The smallest absolute Gasteiger partial charge is 0.312 e. The molecule has 4 nitrogen and oxygen atoms in total. The number of carbonyl (C=O) groups is 1. The first kappa shape index (κ1) is 14.5. The number of carboxylic acid groups (broad SMARTS) is 1. The Kier molecular flexibility index (Phi) is 4.27. The molecule has 0 saturated carbocycles. The normalized spacial score (nSPS) is 29.5. The van der Waals surface area contributed by atoms with Crippen LogP contribution in [0, 0.1) is 0 Å². The maximum absolute atomic E-state index is 11.6. The molecule has 3 rings (SSSR count). The molecule has 2 fully saturated rings. The first-order chi connectivity index (χ1) is 10.1. The number of likely N-dealkylation sites (N-methyl/N-ethyl adjacent to an activating group) is 1. The first-order valence-corrected chi connectivity index (χ1v) is 7.87. The van der Waals surface area contributed by atoms with Gasteiger partial charge >= 0.3 is 5.97 Å². The van der Waals surface area contributed by atoms with Crippen LogP contribution in [0.3, 0.4) is 0 Å². The predicted octanol–water partition coefficient (Wildman–Crippen LogP) is 2.07. The lowest BCUT2D eigenvalue weighted by atomic mass is 9.94. The summed E-state index contributed by atoms with van der Waals surface area (Å²) < 4.78 is 0. The SMILES string of the molecule is CN(CC(C(=O)O)c1ccccc1)C1CC2CCC(C1)N2. The molecule has 3 unspecified atom stereocenters. The third-order valence-electron chi connectivity index (χ3n) is 5.04. The van der Waals surface area contributed by atoms with Crippen molar-refractivity contribution in [3.05, 3.63) is 35.9 Å². The van der Waals surface area contributed by atoms with Gasteiger partial charge in [-0.15, -0.1) is 0 Å². The largest absolute Gasteiger partial charge is 0.481 e. The molecule has 0 spiro atoms. The number of rotatable bonds is 5. The predicted molar refractivity (Wildman–Crippen MR) is 82.4 cm³/mol. The van der Waals surface area contributed by atoms with Crippen molar-refractivity contribution in [3.63, 3.8) is 0 Å². The molecule has 0 radical (unpaired) electrons. The van der Waals surface area contributed by atoms with E-state index in [2.05, 4.69) is 17.3 Å². The molecular formula is C17H24N2O2. The van der Waals surface area contributed by atoms with Crippen molar-refractivity contribution in [2.24, 2.45) is 0 Å². The van der Waals surface area contributed by atoms with Crippen molar-refractivity contribution in [1.29, 1.82) is 0 Å². The highest BCUT2D eigenvalue weighted by molar-refractivity contribution is 5.76. The highest BCUT2D eigenvalue weighted by atomic mass is 16.4. The highest BCUT2D eigenvalue weighted by Crippen LogP contribution is 2.30. The minimum atomic E-state index is -0.732. The van der Waals surface area contributed by atoms with Gasteiger partial charge in [0.1, 0.15) is 0 Å². The second-order valence-electron chi connectivity index (χ2n) is 6.50. The number of hydrogen-bond donors (Lipinski definition) is 2. The summed E-state index contributed by atoms with van der Waals surface area (Å²) in [7, 11) is 2.08. The van der Waals surface area contributed by atoms with Crippen molar-refractivity contribution in [3.8, 4) is 0 Å². The third kappa shape index (κ3) is 3.27. The number of aliphatic carboxylic acids is 1. The van der Waals surface area contributed by atoms with Crippen LogP contribution in [0.15, 0.2) is 30.3 Å². The van der Waals surface area contributed by atoms with E-state index in [-0.39, 0.29) is 0 Å². The molecule has 2 N–H and O–H groups in total. The van der Waals surface area contributed by atoms with Crippen LogP contribution in [-0.4, -0.2) is 47.7 Å². The van der Waals surface area contributed by atoms with E-state index in [1.807, 2.05) is 30.3 Å². The van der Waals surface area contributed by atoms with Gasteiger partial charge in [-0.25, -0.2) is 0 Å². The number of nitrogens with one attached hydrogen (secondary N) is 1. The molecule has 1 aromatic carbocycles. The zero-order valence-corrected chi connectivity index (χ0v) is 12.5. The Labute approximate surface area is 126 Å². The summed E-state index contributed by atoms with van der Waals surface area (Å²) in [4.78, 5) is 13.9. The van der Waals surface area contributed by atoms with E-state index in [0.717, 1.165) is 18.4 Å². The van der Waals surface area contributed by atoms with Gasteiger partial charge in [-0.3, -0.25) is 4.79 Å². The van der Waals surface area contributed by atoms with Crippen LogP contribution in [0.4, 0.5) is 0 Å². The molecule has 2 saturated heterocycles. The van der Waals surface area contributed by atoms with E-state index in [0.29, 0.717) is 24.7 Å². The summed E-state index contributed by atoms with van der Waals surface area (Å²) in [5.41, 5.74) is 0.897. The highest BCUT2D eigenvalue weighted by Gasteiger charge is 2.36. The molecule has 114 valence electrons. The van der Waals surface area contributed by atoms with E-state index < -0.39 is 11.9 Å². The van der Waals surface area contributed by atoms with Gasteiger partial charge in [-0.2, -0.15) is 0 Å². The van der Waals surface area contributed by atoms with Crippen molar-refractivity contribution in [1.82, 2.24) is 10.2 Å². The van der Waals surface area contributed by atoms with Gasteiger partial charge in [-0.05, 0) is 38.3 Å². The van der Waals surface area contributed by atoms with Gasteiger partial charge in [0.15, 0.2) is 0 Å². The number of piperidine rings is 1. The fraction of sp³-hybridized carbons (Fsp3) is 0.588. The van der Waals surface area contributed by atoms with Crippen LogP contribution < -0.4 is 5.32 Å². The quantitative estimate of drug-likeness (QED) is 0.871. The van der Waals surface area contributed by atoms with Gasteiger partial charge in [0.25, 0.3) is 0 Å². The fourth-order valence-corrected chi connectivity index (χ4v) is 3.84. The molecule has 0 aliphatic carbocycles. The van der Waals surface area contributed by atoms with Gasteiger partial charge in [0.2, 0.25) is 0 Å². The van der Waals surface area contributed by atoms with Gasteiger partial charge < -0.3 is 15.3 Å². The van der Waals surface area contributed by atoms with E-state index in [9.17, 15) is 9.90 Å². The van der Waals surface area contributed by atoms with Gasteiger partial charge in [0, 0.05) is 24.7 Å². The number of hydrogen-bond acceptors (Lipinski definition) is 3. The number of nitrogens with zero attached hydrogens (tertiary/aromatic N) is 1.